The van der Waals surface area contributed by atoms with Gasteiger partial charge in [0.25, 0.3) is 0 Å². The number of nitrogens with two attached hydrogens (primary N) is 1. The van der Waals surface area contributed by atoms with Crippen LogP contribution in [-0.4, -0.2) is 5.91 Å². The fraction of sp³-hybridized carbons (Fsp3) is 0.567. The summed E-state index contributed by atoms with van der Waals surface area (Å²) >= 11 is 0. The van der Waals surface area contributed by atoms with Crippen LogP contribution in [0.2, 0.25) is 0 Å². The molecule has 0 saturated heterocycles. The van der Waals surface area contributed by atoms with Crippen molar-refractivity contribution in [2.24, 2.45) is 11.7 Å². The van der Waals surface area contributed by atoms with Crippen molar-refractivity contribution in [3.05, 3.63) is 72.9 Å². The smallest absolute Gasteiger partial charge is 0.220 e. The quantitative estimate of drug-likeness (QED) is 0.141. The van der Waals surface area contributed by atoms with Crippen LogP contribution in [0.15, 0.2) is 72.9 Å². The molecule has 32 heavy (non-hydrogen) atoms. The number of unbranched alkanes of at least 4 members (excludes halogenated alkanes) is 8. The zero-order valence-electron chi connectivity index (χ0n) is 20.9. The van der Waals surface area contributed by atoms with Crippen molar-refractivity contribution in [2.45, 2.75) is 104 Å². The van der Waals surface area contributed by atoms with Crippen molar-refractivity contribution in [1.29, 1.82) is 0 Å². The molecule has 0 heterocycles. The third kappa shape index (κ3) is 22.6. The minimum Gasteiger partial charge on any atom is -0.369 e. The number of rotatable bonds is 21. The SMILES string of the molecule is CCCCC/C=C/C=C/C=C/C=C/CCC/C=C/C=C/CCCCC(CCCC)C(N)=O. The molecule has 0 aliphatic heterocycles. The first-order valence-electron chi connectivity index (χ1n) is 13.0. The zero-order chi connectivity index (χ0) is 23.5. The Morgan fingerprint density at radius 2 is 0.969 bits per heavy atom. The number of carbonyl (C=O) groups excluding carboxylic acids is 1. The van der Waals surface area contributed by atoms with Crippen LogP contribution in [0.3, 0.4) is 0 Å². The van der Waals surface area contributed by atoms with E-state index in [0.717, 1.165) is 57.8 Å². The standard InChI is InChI=1S/C30H49NO/c1-3-5-7-8-9-10-11-12-13-14-15-16-17-18-19-20-21-22-23-24-25-26-28-29(30(31)32)27-6-4-2/h9-16,20-23,29H,3-8,17-19,24-28H2,1-2H3,(H2,31,32)/b10-9+,12-11+,14-13+,16-15+,21-20+,23-22+. The Hall–Kier alpha value is -2.09. The van der Waals surface area contributed by atoms with Crippen molar-refractivity contribution < 1.29 is 4.79 Å². The largest absolute Gasteiger partial charge is 0.369 e. The van der Waals surface area contributed by atoms with E-state index in [0.29, 0.717) is 0 Å². The average Bonchev–Trinajstić information content (AvgIpc) is 2.79. The summed E-state index contributed by atoms with van der Waals surface area (Å²) < 4.78 is 0. The molecule has 0 spiro atoms. The molecule has 0 aliphatic carbocycles. The fourth-order valence-electron chi connectivity index (χ4n) is 3.35. The van der Waals surface area contributed by atoms with Gasteiger partial charge in [-0.2, -0.15) is 0 Å². The van der Waals surface area contributed by atoms with Gasteiger partial charge in [0, 0.05) is 5.92 Å². The molecular formula is C30H49NO. The van der Waals surface area contributed by atoms with Crippen LogP contribution < -0.4 is 5.73 Å². The Balaban J connectivity index is 3.64. The normalized spacial score (nSPS) is 13.8. The van der Waals surface area contributed by atoms with Crippen LogP contribution in [0, 0.1) is 5.92 Å². The van der Waals surface area contributed by atoms with Crippen molar-refractivity contribution in [1.82, 2.24) is 0 Å². The summed E-state index contributed by atoms with van der Waals surface area (Å²) in [5.41, 5.74) is 5.50. The van der Waals surface area contributed by atoms with Gasteiger partial charge in [-0.15, -0.1) is 0 Å². The van der Waals surface area contributed by atoms with E-state index in [-0.39, 0.29) is 11.8 Å². The molecule has 1 unspecified atom stereocenters. The monoisotopic (exact) mass is 439 g/mol. The van der Waals surface area contributed by atoms with E-state index in [1.54, 1.807) is 0 Å². The van der Waals surface area contributed by atoms with Gasteiger partial charge in [0.1, 0.15) is 0 Å². The number of allylic oxidation sites excluding steroid dienone is 12. The van der Waals surface area contributed by atoms with Gasteiger partial charge in [-0.05, 0) is 57.8 Å². The maximum atomic E-state index is 11.4. The molecule has 2 nitrogen and oxygen atoms in total. The second kappa shape index (κ2) is 25.2. The van der Waals surface area contributed by atoms with Gasteiger partial charge >= 0.3 is 0 Å². The molecule has 1 atom stereocenters. The number of amides is 1. The summed E-state index contributed by atoms with van der Waals surface area (Å²) in [7, 11) is 0. The van der Waals surface area contributed by atoms with Crippen LogP contribution >= 0.6 is 0 Å². The van der Waals surface area contributed by atoms with E-state index in [2.05, 4.69) is 86.8 Å². The maximum Gasteiger partial charge on any atom is 0.220 e. The Bertz CT molecular complexity index is 592. The predicted molar refractivity (Wildman–Crippen MR) is 144 cm³/mol. The summed E-state index contributed by atoms with van der Waals surface area (Å²) in [5.74, 6) is -0.0531. The molecule has 0 aromatic carbocycles. The number of primary amides is 1. The zero-order valence-corrected chi connectivity index (χ0v) is 20.9. The third-order valence-corrected chi connectivity index (χ3v) is 5.41. The molecule has 0 aromatic rings. The molecule has 0 saturated carbocycles. The van der Waals surface area contributed by atoms with E-state index in [1.807, 2.05) is 0 Å². The summed E-state index contributed by atoms with van der Waals surface area (Å²) in [4.78, 5) is 11.4. The predicted octanol–water partition coefficient (Wildman–Crippen LogP) is 8.93. The van der Waals surface area contributed by atoms with Gasteiger partial charge in [0.05, 0.1) is 0 Å². The molecule has 0 radical (unpaired) electrons. The molecule has 0 fully saturated rings. The van der Waals surface area contributed by atoms with E-state index in [9.17, 15) is 4.79 Å². The highest BCUT2D eigenvalue weighted by atomic mass is 16.1. The van der Waals surface area contributed by atoms with Crippen LogP contribution in [0.5, 0.6) is 0 Å². The summed E-state index contributed by atoms with van der Waals surface area (Å²) in [5, 5.41) is 0. The van der Waals surface area contributed by atoms with Crippen molar-refractivity contribution in [3.63, 3.8) is 0 Å². The minimum absolute atomic E-state index is 0.0714. The van der Waals surface area contributed by atoms with E-state index >= 15 is 0 Å². The Kier molecular flexibility index (Phi) is 23.5. The Morgan fingerprint density at radius 1 is 0.562 bits per heavy atom. The van der Waals surface area contributed by atoms with Crippen LogP contribution in [0.4, 0.5) is 0 Å². The molecular weight excluding hydrogens is 390 g/mol. The fourth-order valence-corrected chi connectivity index (χ4v) is 3.35. The highest BCUT2D eigenvalue weighted by molar-refractivity contribution is 5.76. The first-order valence-corrected chi connectivity index (χ1v) is 13.0. The van der Waals surface area contributed by atoms with Crippen LogP contribution in [0.1, 0.15) is 104 Å². The van der Waals surface area contributed by atoms with Crippen molar-refractivity contribution in [2.75, 3.05) is 0 Å². The van der Waals surface area contributed by atoms with Gasteiger partial charge in [-0.3, -0.25) is 4.79 Å². The third-order valence-electron chi connectivity index (χ3n) is 5.41. The van der Waals surface area contributed by atoms with E-state index in [1.165, 1.54) is 32.1 Å². The highest BCUT2D eigenvalue weighted by Gasteiger charge is 2.13. The Morgan fingerprint density at radius 3 is 1.47 bits per heavy atom. The molecule has 0 aliphatic rings. The van der Waals surface area contributed by atoms with Crippen molar-refractivity contribution >= 4 is 5.91 Å². The lowest BCUT2D eigenvalue weighted by Crippen LogP contribution is -2.23. The highest BCUT2D eigenvalue weighted by Crippen LogP contribution is 2.16. The van der Waals surface area contributed by atoms with Crippen LogP contribution in [-0.2, 0) is 4.79 Å². The van der Waals surface area contributed by atoms with E-state index < -0.39 is 0 Å². The van der Waals surface area contributed by atoms with Crippen LogP contribution in [0.25, 0.3) is 0 Å². The van der Waals surface area contributed by atoms with Gasteiger partial charge < -0.3 is 5.73 Å². The lowest BCUT2D eigenvalue weighted by molar-refractivity contribution is -0.122. The molecule has 1 amide bonds. The second-order valence-corrected chi connectivity index (χ2v) is 8.44. The van der Waals surface area contributed by atoms with Gasteiger partial charge in [0.15, 0.2) is 0 Å². The number of hydrogen-bond donors (Lipinski definition) is 1. The summed E-state index contributed by atoms with van der Waals surface area (Å²) in [6.45, 7) is 4.39. The minimum atomic E-state index is -0.124. The maximum absolute atomic E-state index is 11.4. The molecule has 2 heteroatoms. The first-order chi connectivity index (χ1) is 15.7. The molecule has 0 aromatic heterocycles. The lowest BCUT2D eigenvalue weighted by atomic mass is 9.95. The summed E-state index contributed by atoms with van der Waals surface area (Å²) in [6, 6.07) is 0. The lowest BCUT2D eigenvalue weighted by Gasteiger charge is -2.11. The van der Waals surface area contributed by atoms with Gasteiger partial charge in [-0.25, -0.2) is 0 Å². The topological polar surface area (TPSA) is 43.1 Å². The summed E-state index contributed by atoms with van der Waals surface area (Å²) in [6.07, 6.45) is 41.7. The number of hydrogen-bond acceptors (Lipinski definition) is 1. The molecule has 0 rings (SSSR count). The number of carbonyl (C=O) groups is 1. The Labute approximate surface area is 199 Å². The van der Waals surface area contributed by atoms with Crippen molar-refractivity contribution in [3.8, 4) is 0 Å². The first kappa shape index (κ1) is 29.9. The molecule has 0 bridgehead atoms. The van der Waals surface area contributed by atoms with Gasteiger partial charge in [-0.1, -0.05) is 119 Å². The van der Waals surface area contributed by atoms with E-state index in [4.69, 9.17) is 5.73 Å². The molecule has 180 valence electrons. The average molecular weight is 440 g/mol. The second-order valence-electron chi connectivity index (χ2n) is 8.44. The van der Waals surface area contributed by atoms with Gasteiger partial charge in [0.2, 0.25) is 5.91 Å². The molecule has 2 N–H and O–H groups in total.